The zero-order valence-electron chi connectivity index (χ0n) is 8.30. The SMILES string of the molecule is COCC(C)NC(=O)CC1CNC1. The number of rotatable bonds is 5. The highest BCUT2D eigenvalue weighted by molar-refractivity contribution is 5.76. The van der Waals surface area contributed by atoms with Crippen molar-refractivity contribution in [3.05, 3.63) is 0 Å². The largest absolute Gasteiger partial charge is 0.383 e. The molecule has 1 atom stereocenters. The van der Waals surface area contributed by atoms with Crippen molar-refractivity contribution in [3.8, 4) is 0 Å². The third kappa shape index (κ3) is 3.74. The molecule has 4 nitrogen and oxygen atoms in total. The maximum absolute atomic E-state index is 11.3. The van der Waals surface area contributed by atoms with E-state index in [0.29, 0.717) is 18.9 Å². The van der Waals surface area contributed by atoms with Crippen LogP contribution in [-0.2, 0) is 9.53 Å². The van der Waals surface area contributed by atoms with E-state index in [2.05, 4.69) is 10.6 Å². The normalized spacial score (nSPS) is 19.2. The van der Waals surface area contributed by atoms with E-state index in [1.807, 2.05) is 6.92 Å². The molecule has 1 aliphatic heterocycles. The van der Waals surface area contributed by atoms with Crippen molar-refractivity contribution in [2.24, 2.45) is 5.92 Å². The molecule has 13 heavy (non-hydrogen) atoms. The predicted molar refractivity (Wildman–Crippen MR) is 50.5 cm³/mol. The molecule has 0 aromatic heterocycles. The first-order valence-corrected chi connectivity index (χ1v) is 4.71. The fourth-order valence-electron chi connectivity index (χ4n) is 1.38. The third-order valence-corrected chi connectivity index (χ3v) is 2.16. The van der Waals surface area contributed by atoms with Crippen molar-refractivity contribution in [2.45, 2.75) is 19.4 Å². The fraction of sp³-hybridized carbons (Fsp3) is 0.889. The van der Waals surface area contributed by atoms with Crippen molar-refractivity contribution in [1.29, 1.82) is 0 Å². The van der Waals surface area contributed by atoms with Crippen molar-refractivity contribution in [2.75, 3.05) is 26.8 Å². The average Bonchev–Trinajstić information content (AvgIpc) is 1.97. The van der Waals surface area contributed by atoms with Gasteiger partial charge in [0.2, 0.25) is 5.91 Å². The van der Waals surface area contributed by atoms with Crippen LogP contribution in [0, 0.1) is 5.92 Å². The summed E-state index contributed by atoms with van der Waals surface area (Å²) in [5.74, 6) is 0.672. The summed E-state index contributed by atoms with van der Waals surface area (Å²) < 4.78 is 4.92. The number of amides is 1. The molecule has 0 bridgehead atoms. The molecule has 0 radical (unpaired) electrons. The first-order chi connectivity index (χ1) is 6.22. The Balaban J connectivity index is 2.08. The molecule has 1 aliphatic rings. The molecular weight excluding hydrogens is 168 g/mol. The fourth-order valence-corrected chi connectivity index (χ4v) is 1.38. The smallest absolute Gasteiger partial charge is 0.220 e. The minimum atomic E-state index is 0.116. The van der Waals surface area contributed by atoms with Crippen LogP contribution >= 0.6 is 0 Å². The quantitative estimate of drug-likeness (QED) is 0.622. The Hall–Kier alpha value is -0.610. The second-order valence-electron chi connectivity index (χ2n) is 3.65. The van der Waals surface area contributed by atoms with Crippen LogP contribution < -0.4 is 10.6 Å². The summed E-state index contributed by atoms with van der Waals surface area (Å²) in [5.41, 5.74) is 0. The van der Waals surface area contributed by atoms with Gasteiger partial charge in [0.1, 0.15) is 0 Å². The summed E-state index contributed by atoms with van der Waals surface area (Å²) in [4.78, 5) is 11.3. The van der Waals surface area contributed by atoms with Crippen molar-refractivity contribution >= 4 is 5.91 Å². The summed E-state index contributed by atoms with van der Waals surface area (Å²) in [6.07, 6.45) is 0.640. The lowest BCUT2D eigenvalue weighted by molar-refractivity contribution is -0.123. The van der Waals surface area contributed by atoms with Crippen LogP contribution in [0.3, 0.4) is 0 Å². The van der Waals surface area contributed by atoms with E-state index in [9.17, 15) is 4.79 Å². The van der Waals surface area contributed by atoms with E-state index in [4.69, 9.17) is 4.74 Å². The van der Waals surface area contributed by atoms with Gasteiger partial charge in [-0.25, -0.2) is 0 Å². The minimum Gasteiger partial charge on any atom is -0.383 e. The highest BCUT2D eigenvalue weighted by atomic mass is 16.5. The molecule has 0 aliphatic carbocycles. The Morgan fingerprint density at radius 3 is 2.85 bits per heavy atom. The first kappa shape index (κ1) is 10.5. The van der Waals surface area contributed by atoms with Gasteiger partial charge in [-0.3, -0.25) is 4.79 Å². The maximum atomic E-state index is 11.3. The number of hydrogen-bond donors (Lipinski definition) is 2. The van der Waals surface area contributed by atoms with Gasteiger partial charge in [-0.1, -0.05) is 0 Å². The van der Waals surface area contributed by atoms with Crippen LogP contribution in [0.1, 0.15) is 13.3 Å². The van der Waals surface area contributed by atoms with Crippen molar-refractivity contribution in [3.63, 3.8) is 0 Å². The van der Waals surface area contributed by atoms with Gasteiger partial charge in [-0.05, 0) is 25.9 Å². The number of carbonyl (C=O) groups excluding carboxylic acids is 1. The number of carbonyl (C=O) groups is 1. The number of ether oxygens (including phenoxy) is 1. The monoisotopic (exact) mass is 186 g/mol. The van der Waals surface area contributed by atoms with Gasteiger partial charge in [0.05, 0.1) is 6.61 Å². The molecule has 1 unspecified atom stereocenters. The first-order valence-electron chi connectivity index (χ1n) is 4.71. The van der Waals surface area contributed by atoms with Crippen LogP contribution in [-0.4, -0.2) is 38.8 Å². The molecule has 1 saturated heterocycles. The molecule has 0 spiro atoms. The molecular formula is C9H18N2O2. The predicted octanol–water partition coefficient (Wildman–Crippen LogP) is -0.253. The molecule has 0 aromatic carbocycles. The molecule has 1 amide bonds. The molecule has 76 valence electrons. The minimum absolute atomic E-state index is 0.116. The van der Waals surface area contributed by atoms with Crippen molar-refractivity contribution < 1.29 is 9.53 Å². The Bertz CT molecular complexity index is 169. The van der Waals surface area contributed by atoms with Gasteiger partial charge < -0.3 is 15.4 Å². The zero-order chi connectivity index (χ0) is 9.68. The lowest BCUT2D eigenvalue weighted by Gasteiger charge is -2.26. The Kier molecular flexibility index (Phi) is 4.18. The Morgan fingerprint density at radius 2 is 2.38 bits per heavy atom. The second-order valence-corrected chi connectivity index (χ2v) is 3.65. The van der Waals surface area contributed by atoms with E-state index in [-0.39, 0.29) is 11.9 Å². The van der Waals surface area contributed by atoms with E-state index in [1.165, 1.54) is 0 Å². The number of hydrogen-bond acceptors (Lipinski definition) is 3. The molecule has 0 saturated carbocycles. The van der Waals surface area contributed by atoms with Gasteiger partial charge in [-0.2, -0.15) is 0 Å². The van der Waals surface area contributed by atoms with E-state index in [1.54, 1.807) is 7.11 Å². The topological polar surface area (TPSA) is 50.4 Å². The van der Waals surface area contributed by atoms with E-state index < -0.39 is 0 Å². The molecule has 2 N–H and O–H groups in total. The summed E-state index contributed by atoms with van der Waals surface area (Å²) in [7, 11) is 1.64. The number of nitrogens with one attached hydrogen (secondary N) is 2. The highest BCUT2D eigenvalue weighted by Crippen LogP contribution is 2.07. The van der Waals surface area contributed by atoms with Gasteiger partial charge in [0.25, 0.3) is 0 Å². The maximum Gasteiger partial charge on any atom is 0.220 e. The highest BCUT2D eigenvalue weighted by Gasteiger charge is 2.20. The lowest BCUT2D eigenvalue weighted by atomic mass is 9.99. The molecule has 1 fully saturated rings. The molecule has 4 heteroatoms. The van der Waals surface area contributed by atoms with Gasteiger partial charge >= 0.3 is 0 Å². The molecule has 1 heterocycles. The van der Waals surface area contributed by atoms with Crippen LogP contribution in [0.2, 0.25) is 0 Å². The van der Waals surface area contributed by atoms with E-state index >= 15 is 0 Å². The van der Waals surface area contributed by atoms with Crippen LogP contribution in [0.25, 0.3) is 0 Å². The van der Waals surface area contributed by atoms with Crippen molar-refractivity contribution in [1.82, 2.24) is 10.6 Å². The Morgan fingerprint density at radius 1 is 1.69 bits per heavy atom. The second kappa shape index (κ2) is 5.19. The van der Waals surface area contributed by atoms with Gasteiger partial charge in [0, 0.05) is 19.6 Å². The Labute approximate surface area is 79.0 Å². The van der Waals surface area contributed by atoms with Crippen LogP contribution in [0.5, 0.6) is 0 Å². The lowest BCUT2D eigenvalue weighted by Crippen LogP contribution is -2.46. The summed E-state index contributed by atoms with van der Waals surface area (Å²) in [6.45, 7) is 4.48. The summed E-state index contributed by atoms with van der Waals surface area (Å²) in [6, 6.07) is 0.116. The molecule has 0 aromatic rings. The van der Waals surface area contributed by atoms with Gasteiger partial charge in [-0.15, -0.1) is 0 Å². The third-order valence-electron chi connectivity index (χ3n) is 2.16. The summed E-state index contributed by atoms with van der Waals surface area (Å²) in [5, 5.41) is 6.03. The molecule has 1 rings (SSSR count). The van der Waals surface area contributed by atoms with Gasteiger partial charge in [0.15, 0.2) is 0 Å². The average molecular weight is 186 g/mol. The van der Waals surface area contributed by atoms with Crippen LogP contribution in [0.4, 0.5) is 0 Å². The number of methoxy groups -OCH3 is 1. The summed E-state index contributed by atoms with van der Waals surface area (Å²) >= 11 is 0. The van der Waals surface area contributed by atoms with E-state index in [0.717, 1.165) is 13.1 Å². The standard InChI is InChI=1S/C9H18N2O2/c1-7(6-13-2)11-9(12)3-8-4-10-5-8/h7-8,10H,3-6H2,1-2H3,(H,11,12). The van der Waals surface area contributed by atoms with Crippen LogP contribution in [0.15, 0.2) is 0 Å². The zero-order valence-corrected chi connectivity index (χ0v) is 8.30.